The van der Waals surface area contributed by atoms with Crippen LogP contribution in [0.3, 0.4) is 0 Å². The first-order chi connectivity index (χ1) is 16.5. The van der Waals surface area contributed by atoms with Crippen LogP contribution in [0.2, 0.25) is 5.02 Å². The first-order valence-electron chi connectivity index (χ1n) is 12.0. The van der Waals surface area contributed by atoms with Crippen LogP contribution < -0.4 is 5.32 Å². The van der Waals surface area contributed by atoms with Gasteiger partial charge in [0.15, 0.2) is 11.6 Å². The third kappa shape index (κ3) is 5.08. The number of nitrogens with zero attached hydrogens (tertiary/aromatic N) is 4. The van der Waals surface area contributed by atoms with Gasteiger partial charge in [-0.1, -0.05) is 30.2 Å². The van der Waals surface area contributed by atoms with Gasteiger partial charge in [-0.05, 0) is 64.1 Å². The number of aromatic nitrogens is 4. The average molecular weight is 487 g/mol. The number of nitrogens with one attached hydrogen (secondary N) is 2. The van der Waals surface area contributed by atoms with E-state index in [0.29, 0.717) is 47.6 Å². The number of hydrogen-bond acceptors (Lipinski definition) is 5. The van der Waals surface area contributed by atoms with Gasteiger partial charge in [0.05, 0.1) is 16.4 Å². The molecule has 1 saturated carbocycles. The van der Waals surface area contributed by atoms with Crippen molar-refractivity contribution in [3.63, 3.8) is 0 Å². The van der Waals surface area contributed by atoms with Crippen molar-refractivity contribution in [2.45, 2.75) is 57.9 Å². The molecule has 1 aromatic carbocycles. The molecule has 3 heterocycles. The van der Waals surface area contributed by atoms with Gasteiger partial charge in [0, 0.05) is 29.8 Å². The van der Waals surface area contributed by atoms with Crippen LogP contribution in [0.4, 0.5) is 20.5 Å². The van der Waals surface area contributed by atoms with Crippen LogP contribution in [-0.4, -0.2) is 38.2 Å². The fourth-order valence-electron chi connectivity index (χ4n) is 4.79. The molecule has 0 bridgehead atoms. The molecule has 0 atom stereocenters. The summed E-state index contributed by atoms with van der Waals surface area (Å²) in [4.78, 5) is 11.3. The summed E-state index contributed by atoms with van der Waals surface area (Å²) in [7, 11) is 0. The van der Waals surface area contributed by atoms with Crippen molar-refractivity contribution in [2.24, 2.45) is 5.92 Å². The van der Waals surface area contributed by atoms with E-state index < -0.39 is 0 Å². The lowest BCUT2D eigenvalue weighted by Gasteiger charge is -2.32. The van der Waals surface area contributed by atoms with Crippen LogP contribution in [0, 0.1) is 24.5 Å². The average Bonchev–Trinajstić information content (AvgIpc) is 3.19. The van der Waals surface area contributed by atoms with Crippen molar-refractivity contribution in [3.8, 4) is 0 Å². The molecule has 0 spiro atoms. The third-order valence-corrected chi connectivity index (χ3v) is 7.29. The molecule has 0 unspecified atom stereocenters. The minimum Gasteiger partial charge on any atom is -0.307 e. The van der Waals surface area contributed by atoms with Crippen LogP contribution >= 0.6 is 11.6 Å². The summed E-state index contributed by atoms with van der Waals surface area (Å²) in [5.41, 5.74) is 2.54. The molecule has 180 valence electrons. The first-order valence-corrected chi connectivity index (χ1v) is 12.3. The van der Waals surface area contributed by atoms with Crippen molar-refractivity contribution in [1.29, 1.82) is 0 Å². The van der Waals surface area contributed by atoms with Crippen LogP contribution in [0.25, 0.3) is 0 Å². The second-order valence-corrected chi connectivity index (χ2v) is 9.93. The van der Waals surface area contributed by atoms with Gasteiger partial charge in [0.2, 0.25) is 5.95 Å². The lowest BCUT2D eigenvalue weighted by Crippen LogP contribution is -2.34. The second kappa shape index (κ2) is 9.96. The second-order valence-electron chi connectivity index (χ2n) is 9.52. The van der Waals surface area contributed by atoms with E-state index in [4.69, 9.17) is 11.6 Å². The van der Waals surface area contributed by atoms with Gasteiger partial charge in [-0.2, -0.15) is 5.10 Å². The lowest BCUT2D eigenvalue weighted by molar-refractivity contribution is 0.174. The number of rotatable bonds is 7. The van der Waals surface area contributed by atoms with Crippen LogP contribution in [0.1, 0.15) is 60.7 Å². The number of anilines is 2. The third-order valence-electron chi connectivity index (χ3n) is 7.00. The van der Waals surface area contributed by atoms with Gasteiger partial charge >= 0.3 is 0 Å². The van der Waals surface area contributed by atoms with Crippen LogP contribution in [0.5, 0.6) is 0 Å². The Bertz CT molecular complexity index is 1150. The Labute approximate surface area is 203 Å². The zero-order chi connectivity index (χ0) is 23.7. The smallest absolute Gasteiger partial charge is 0.229 e. The Morgan fingerprint density at radius 1 is 1.12 bits per heavy atom. The van der Waals surface area contributed by atoms with Crippen molar-refractivity contribution in [2.75, 3.05) is 18.4 Å². The summed E-state index contributed by atoms with van der Waals surface area (Å²) in [5, 5.41) is 10.4. The zero-order valence-electron chi connectivity index (χ0n) is 19.3. The number of hydrogen-bond donors (Lipinski definition) is 2. The molecule has 2 aliphatic rings. The Balaban J connectivity index is 1.27. The van der Waals surface area contributed by atoms with Crippen molar-refractivity contribution in [1.82, 2.24) is 25.1 Å². The van der Waals surface area contributed by atoms with Crippen molar-refractivity contribution in [3.05, 3.63) is 63.6 Å². The number of benzene rings is 1. The molecule has 1 aliphatic heterocycles. The molecule has 1 saturated heterocycles. The van der Waals surface area contributed by atoms with E-state index in [-0.39, 0.29) is 22.6 Å². The molecular formula is C25H29ClF2N6. The normalized spacial score (nSPS) is 17.6. The largest absolute Gasteiger partial charge is 0.307 e. The highest BCUT2D eigenvalue weighted by atomic mass is 35.5. The van der Waals surface area contributed by atoms with Gasteiger partial charge < -0.3 is 5.32 Å². The van der Waals surface area contributed by atoms with E-state index in [1.165, 1.54) is 0 Å². The number of H-pyrrole nitrogens is 1. The fraction of sp³-hybridized carbons (Fsp3) is 0.480. The number of piperidine rings is 1. The Hall–Kier alpha value is -2.58. The van der Waals surface area contributed by atoms with Crippen LogP contribution in [0.15, 0.2) is 24.3 Å². The summed E-state index contributed by atoms with van der Waals surface area (Å²) in [6.07, 6.45) is 5.43. The maximum absolute atomic E-state index is 15.4. The van der Waals surface area contributed by atoms with E-state index in [1.54, 1.807) is 18.2 Å². The van der Waals surface area contributed by atoms with Crippen molar-refractivity contribution < 1.29 is 8.78 Å². The summed E-state index contributed by atoms with van der Waals surface area (Å²) in [6.45, 7) is 4.11. The van der Waals surface area contributed by atoms with E-state index in [1.807, 2.05) is 13.0 Å². The summed E-state index contributed by atoms with van der Waals surface area (Å²) in [6, 6.07) is 6.99. The maximum Gasteiger partial charge on any atom is 0.229 e. The highest BCUT2D eigenvalue weighted by molar-refractivity contribution is 6.30. The number of aryl methyl sites for hydroxylation is 1. The van der Waals surface area contributed by atoms with Gasteiger partial charge in [0.1, 0.15) is 5.82 Å². The monoisotopic (exact) mass is 486 g/mol. The zero-order valence-corrected chi connectivity index (χ0v) is 20.0. The number of aromatic amines is 1. The summed E-state index contributed by atoms with van der Waals surface area (Å²) < 4.78 is 29.7. The van der Waals surface area contributed by atoms with Gasteiger partial charge in [-0.3, -0.25) is 10.00 Å². The molecule has 0 amide bonds. The minimum atomic E-state index is -0.343. The van der Waals surface area contributed by atoms with E-state index in [9.17, 15) is 4.39 Å². The molecule has 1 aliphatic carbocycles. The Morgan fingerprint density at radius 2 is 1.91 bits per heavy atom. The highest BCUT2D eigenvalue weighted by Crippen LogP contribution is 2.38. The molecule has 9 heteroatoms. The predicted octanol–water partition coefficient (Wildman–Crippen LogP) is 5.91. The Morgan fingerprint density at radius 3 is 2.59 bits per heavy atom. The van der Waals surface area contributed by atoms with Crippen LogP contribution in [-0.2, 0) is 13.0 Å². The molecule has 2 N–H and O–H groups in total. The van der Waals surface area contributed by atoms with E-state index >= 15 is 4.39 Å². The van der Waals surface area contributed by atoms with E-state index in [0.717, 1.165) is 50.9 Å². The fourth-order valence-corrected chi connectivity index (χ4v) is 4.98. The highest BCUT2D eigenvalue weighted by Gasteiger charge is 2.29. The molecule has 0 radical (unpaired) electrons. The van der Waals surface area contributed by atoms with Gasteiger partial charge in [0.25, 0.3) is 0 Å². The standard InChI is InChI=1S/C25H29ClF2N6/c1-15-12-21(33-32-15)30-25-29-20(23(28)24(31-25)17-4-2-5-17)13-16-8-10-34(11-9-16)14-18-6-3-7-19(26)22(18)27/h3,6-7,12,16-17H,2,4-5,8-11,13-14H2,1H3,(H2,29,30,31,32,33). The molecular weight excluding hydrogens is 458 g/mol. The number of likely N-dealkylation sites (tertiary alicyclic amines) is 1. The minimum absolute atomic E-state index is 0.156. The summed E-state index contributed by atoms with van der Waals surface area (Å²) >= 11 is 5.92. The number of halogens is 3. The molecule has 5 rings (SSSR count). The predicted molar refractivity (Wildman–Crippen MR) is 128 cm³/mol. The van der Waals surface area contributed by atoms with Gasteiger partial charge in [-0.15, -0.1) is 0 Å². The molecule has 2 fully saturated rings. The molecule has 6 nitrogen and oxygen atoms in total. The lowest BCUT2D eigenvalue weighted by atomic mass is 9.82. The quantitative estimate of drug-likeness (QED) is 0.434. The topological polar surface area (TPSA) is 69.7 Å². The molecule has 3 aromatic rings. The Kier molecular flexibility index (Phi) is 6.79. The van der Waals surface area contributed by atoms with Gasteiger partial charge in [-0.25, -0.2) is 18.7 Å². The summed E-state index contributed by atoms with van der Waals surface area (Å²) in [5.74, 6) is 0.911. The first kappa shape index (κ1) is 23.2. The van der Waals surface area contributed by atoms with E-state index in [2.05, 4.69) is 30.4 Å². The SMILES string of the molecule is Cc1cc(Nc2nc(CC3CCN(Cc4cccc(Cl)c4F)CC3)c(F)c(C3CCC3)n2)n[nH]1. The van der Waals surface area contributed by atoms with Crippen molar-refractivity contribution >= 4 is 23.4 Å². The maximum atomic E-state index is 15.4. The molecule has 2 aromatic heterocycles. The molecule has 34 heavy (non-hydrogen) atoms.